The maximum atomic E-state index is 11.5. The second-order valence-electron chi connectivity index (χ2n) is 6.07. The van der Waals surface area contributed by atoms with Crippen LogP contribution in [0.2, 0.25) is 0 Å². The van der Waals surface area contributed by atoms with E-state index in [1.54, 1.807) is 6.92 Å². The summed E-state index contributed by atoms with van der Waals surface area (Å²) in [5.74, 6) is 1.30. The lowest BCUT2D eigenvalue weighted by Crippen LogP contribution is -2.20. The summed E-state index contributed by atoms with van der Waals surface area (Å²) >= 11 is 0. The molecular weight excluding hydrogens is 244 g/mol. The standard InChI is InChI=1S/C19H22O/c1-14(20)15-10-12-17(13-11-15)19-9-5-3-7-16-6-2-4-8-18(16)19/h2-6,8-9,15,17H,7,10-13H2,1H3. The molecule has 1 heteroatoms. The molecule has 1 fully saturated rings. The van der Waals surface area contributed by atoms with Crippen LogP contribution in [0.1, 0.15) is 43.7 Å². The maximum absolute atomic E-state index is 11.5. The van der Waals surface area contributed by atoms with Gasteiger partial charge in [-0.3, -0.25) is 4.79 Å². The third-order valence-electron chi connectivity index (χ3n) is 4.82. The van der Waals surface area contributed by atoms with Crippen LogP contribution in [0.4, 0.5) is 0 Å². The molecule has 1 saturated carbocycles. The summed E-state index contributed by atoms with van der Waals surface area (Å²) in [6.07, 6.45) is 12.2. The van der Waals surface area contributed by atoms with E-state index < -0.39 is 0 Å². The van der Waals surface area contributed by atoms with Gasteiger partial charge in [0.05, 0.1) is 0 Å². The van der Waals surface area contributed by atoms with E-state index in [1.807, 2.05) is 0 Å². The summed E-state index contributed by atoms with van der Waals surface area (Å²) in [7, 11) is 0. The number of hydrogen-bond donors (Lipinski definition) is 0. The van der Waals surface area contributed by atoms with Crippen molar-refractivity contribution in [2.24, 2.45) is 11.8 Å². The van der Waals surface area contributed by atoms with Crippen LogP contribution in [0.15, 0.2) is 42.5 Å². The maximum Gasteiger partial charge on any atom is 0.132 e. The molecule has 104 valence electrons. The van der Waals surface area contributed by atoms with Gasteiger partial charge in [0, 0.05) is 5.92 Å². The van der Waals surface area contributed by atoms with Crippen molar-refractivity contribution in [1.29, 1.82) is 0 Å². The van der Waals surface area contributed by atoms with Crippen LogP contribution < -0.4 is 0 Å². The minimum Gasteiger partial charge on any atom is -0.300 e. The molecule has 0 atom stereocenters. The van der Waals surface area contributed by atoms with Crippen LogP contribution in [-0.4, -0.2) is 5.78 Å². The molecule has 0 saturated heterocycles. The first-order valence-electron chi connectivity index (χ1n) is 7.71. The molecule has 1 aromatic rings. The third kappa shape index (κ3) is 2.63. The lowest BCUT2D eigenvalue weighted by atomic mass is 9.75. The van der Waals surface area contributed by atoms with E-state index in [0.717, 1.165) is 32.1 Å². The lowest BCUT2D eigenvalue weighted by molar-refractivity contribution is -0.121. The highest BCUT2D eigenvalue weighted by atomic mass is 16.1. The Morgan fingerprint density at radius 3 is 2.60 bits per heavy atom. The monoisotopic (exact) mass is 266 g/mol. The largest absolute Gasteiger partial charge is 0.300 e. The van der Waals surface area contributed by atoms with Gasteiger partial charge in [-0.1, -0.05) is 42.5 Å². The summed E-state index contributed by atoms with van der Waals surface area (Å²) in [4.78, 5) is 11.5. The molecule has 0 radical (unpaired) electrons. The smallest absolute Gasteiger partial charge is 0.132 e. The van der Waals surface area contributed by atoms with Gasteiger partial charge >= 0.3 is 0 Å². The van der Waals surface area contributed by atoms with E-state index in [0.29, 0.717) is 17.6 Å². The number of hydrogen-bond acceptors (Lipinski definition) is 1. The number of carbonyl (C=O) groups is 1. The van der Waals surface area contributed by atoms with Crippen molar-refractivity contribution in [2.75, 3.05) is 0 Å². The Hall–Kier alpha value is -1.63. The fourth-order valence-electron chi connectivity index (χ4n) is 3.60. The molecule has 1 nitrogen and oxygen atoms in total. The molecule has 3 rings (SSSR count). The van der Waals surface area contributed by atoms with E-state index in [9.17, 15) is 4.79 Å². The van der Waals surface area contributed by atoms with Gasteiger partial charge in [0.15, 0.2) is 0 Å². The molecule has 0 heterocycles. The van der Waals surface area contributed by atoms with Crippen LogP contribution in [0.3, 0.4) is 0 Å². The number of ketones is 1. The zero-order valence-corrected chi connectivity index (χ0v) is 12.1. The molecule has 0 N–H and O–H groups in total. The molecule has 0 spiro atoms. The summed E-state index contributed by atoms with van der Waals surface area (Å²) < 4.78 is 0. The first-order valence-corrected chi connectivity index (χ1v) is 7.71. The molecule has 2 aliphatic rings. The van der Waals surface area contributed by atoms with Crippen LogP contribution in [0.25, 0.3) is 5.57 Å². The van der Waals surface area contributed by atoms with E-state index in [4.69, 9.17) is 0 Å². The van der Waals surface area contributed by atoms with Crippen LogP contribution >= 0.6 is 0 Å². The summed E-state index contributed by atoms with van der Waals surface area (Å²) in [6, 6.07) is 8.76. The minimum atomic E-state index is 0.309. The van der Waals surface area contributed by atoms with Crippen molar-refractivity contribution in [3.05, 3.63) is 53.6 Å². The van der Waals surface area contributed by atoms with Gasteiger partial charge in [-0.25, -0.2) is 0 Å². The lowest BCUT2D eigenvalue weighted by Gasteiger charge is -2.29. The first kappa shape index (κ1) is 13.4. The second kappa shape index (κ2) is 5.78. The average Bonchev–Trinajstić information content (AvgIpc) is 2.69. The number of allylic oxidation sites excluding steroid dienone is 4. The molecule has 2 aliphatic carbocycles. The van der Waals surface area contributed by atoms with Crippen molar-refractivity contribution >= 4 is 11.4 Å². The normalized spacial score (nSPS) is 25.6. The Balaban J connectivity index is 1.83. The van der Waals surface area contributed by atoms with E-state index in [2.05, 4.69) is 42.5 Å². The van der Waals surface area contributed by atoms with Gasteiger partial charge in [-0.15, -0.1) is 0 Å². The van der Waals surface area contributed by atoms with Crippen molar-refractivity contribution in [1.82, 2.24) is 0 Å². The molecule has 1 aromatic carbocycles. The minimum absolute atomic E-state index is 0.309. The number of carbonyl (C=O) groups excluding carboxylic acids is 1. The van der Waals surface area contributed by atoms with Crippen molar-refractivity contribution in [2.45, 2.75) is 39.0 Å². The Bertz CT molecular complexity index is 557. The van der Waals surface area contributed by atoms with Crippen molar-refractivity contribution in [3.63, 3.8) is 0 Å². The summed E-state index contributed by atoms with van der Waals surface area (Å²) in [5, 5.41) is 0. The van der Waals surface area contributed by atoms with Crippen LogP contribution in [0.5, 0.6) is 0 Å². The molecule has 0 aromatic heterocycles. The highest BCUT2D eigenvalue weighted by molar-refractivity contribution is 5.79. The second-order valence-corrected chi connectivity index (χ2v) is 6.07. The zero-order chi connectivity index (χ0) is 13.9. The SMILES string of the molecule is CC(=O)C1CCC(C2=CC=CCc3ccccc32)CC1. The Morgan fingerprint density at radius 1 is 1.10 bits per heavy atom. The number of Topliss-reactive ketones (excluding diaryl/α,β-unsaturated/α-hetero) is 1. The molecular formula is C19H22O. The fourth-order valence-corrected chi connectivity index (χ4v) is 3.60. The molecule has 0 aliphatic heterocycles. The fraction of sp³-hybridized carbons (Fsp3) is 0.421. The number of benzene rings is 1. The van der Waals surface area contributed by atoms with Crippen LogP contribution in [-0.2, 0) is 11.2 Å². The predicted octanol–water partition coefficient (Wildman–Crippen LogP) is 4.58. The van der Waals surface area contributed by atoms with Gasteiger partial charge in [0.2, 0.25) is 0 Å². The van der Waals surface area contributed by atoms with Crippen LogP contribution in [0, 0.1) is 11.8 Å². The molecule has 20 heavy (non-hydrogen) atoms. The van der Waals surface area contributed by atoms with Gasteiger partial charge in [0.1, 0.15) is 5.78 Å². The Labute approximate surface area is 121 Å². The topological polar surface area (TPSA) is 17.1 Å². The summed E-state index contributed by atoms with van der Waals surface area (Å²) in [6.45, 7) is 1.74. The number of fused-ring (bicyclic) bond motifs is 1. The average molecular weight is 266 g/mol. The molecule has 0 bridgehead atoms. The van der Waals surface area contributed by atoms with Gasteiger partial charge in [0.25, 0.3) is 0 Å². The van der Waals surface area contributed by atoms with Crippen molar-refractivity contribution in [3.8, 4) is 0 Å². The quantitative estimate of drug-likeness (QED) is 0.766. The molecule has 0 unspecified atom stereocenters. The van der Waals surface area contributed by atoms with E-state index in [-0.39, 0.29) is 0 Å². The number of rotatable bonds is 2. The van der Waals surface area contributed by atoms with Gasteiger partial charge in [-0.05, 0) is 61.6 Å². The predicted molar refractivity (Wildman–Crippen MR) is 83.4 cm³/mol. The first-order chi connectivity index (χ1) is 9.75. The van der Waals surface area contributed by atoms with Gasteiger partial charge in [-0.2, -0.15) is 0 Å². The van der Waals surface area contributed by atoms with E-state index >= 15 is 0 Å². The Kier molecular flexibility index (Phi) is 3.86. The van der Waals surface area contributed by atoms with Gasteiger partial charge < -0.3 is 0 Å². The highest BCUT2D eigenvalue weighted by Crippen LogP contribution is 2.39. The Morgan fingerprint density at radius 2 is 1.85 bits per heavy atom. The molecule has 0 amide bonds. The van der Waals surface area contributed by atoms with Crippen molar-refractivity contribution < 1.29 is 4.79 Å². The third-order valence-corrected chi connectivity index (χ3v) is 4.82. The zero-order valence-electron chi connectivity index (χ0n) is 12.1. The summed E-state index contributed by atoms with van der Waals surface area (Å²) in [5.41, 5.74) is 4.33. The highest BCUT2D eigenvalue weighted by Gasteiger charge is 2.27. The van der Waals surface area contributed by atoms with E-state index in [1.165, 1.54) is 16.7 Å².